The van der Waals surface area contributed by atoms with Crippen LogP contribution in [0, 0.1) is 5.95 Å². The Bertz CT molecular complexity index is 235. The molecule has 3 heteroatoms. The Kier molecular flexibility index (Phi) is 2.41. The quantitative estimate of drug-likeness (QED) is 0.659. The molecule has 1 heterocycles. The molecule has 0 saturated carbocycles. The summed E-state index contributed by atoms with van der Waals surface area (Å²) in [4.78, 5) is 3.64. The fourth-order valence-electron chi connectivity index (χ4n) is 0.784. The van der Waals surface area contributed by atoms with Crippen molar-refractivity contribution in [1.29, 1.82) is 0 Å². The van der Waals surface area contributed by atoms with Crippen molar-refractivity contribution in [1.82, 2.24) is 4.98 Å². The summed E-state index contributed by atoms with van der Waals surface area (Å²) in [5.74, 6) is 0.135. The minimum Gasteiger partial charge on any atom is -0.368 e. The van der Waals surface area contributed by atoms with Gasteiger partial charge in [-0.05, 0) is 26.0 Å². The van der Waals surface area contributed by atoms with Gasteiger partial charge in [-0.25, -0.2) is 4.98 Å². The second kappa shape index (κ2) is 3.32. The average molecular weight is 154 g/mol. The highest BCUT2D eigenvalue weighted by Gasteiger charge is 1.96. The summed E-state index contributed by atoms with van der Waals surface area (Å²) in [6.07, 6.45) is 0. The number of hydrogen-bond donors (Lipinski definition) is 1. The number of rotatable bonds is 2. The third-order valence-electron chi connectivity index (χ3n) is 1.15. The predicted molar refractivity (Wildman–Crippen MR) is 43.0 cm³/mol. The fraction of sp³-hybridized carbons (Fsp3) is 0.375. The van der Waals surface area contributed by atoms with E-state index in [1.807, 2.05) is 13.8 Å². The van der Waals surface area contributed by atoms with E-state index in [-0.39, 0.29) is 6.04 Å². The van der Waals surface area contributed by atoms with Gasteiger partial charge in [0.05, 0.1) is 0 Å². The largest absolute Gasteiger partial charge is 0.368 e. The number of halogens is 1. The zero-order valence-corrected chi connectivity index (χ0v) is 6.63. The van der Waals surface area contributed by atoms with Gasteiger partial charge in [-0.15, -0.1) is 0 Å². The summed E-state index contributed by atoms with van der Waals surface area (Å²) in [7, 11) is 0. The molecule has 11 heavy (non-hydrogen) atoms. The van der Waals surface area contributed by atoms with Crippen LogP contribution in [-0.4, -0.2) is 11.0 Å². The van der Waals surface area contributed by atoms with E-state index >= 15 is 0 Å². The van der Waals surface area contributed by atoms with Crippen molar-refractivity contribution in [2.24, 2.45) is 0 Å². The number of pyridine rings is 1. The molecule has 1 N–H and O–H groups in total. The molecule has 1 aromatic heterocycles. The maximum Gasteiger partial charge on any atom is 0.214 e. The van der Waals surface area contributed by atoms with Crippen LogP contribution >= 0.6 is 0 Å². The molecule has 60 valence electrons. The topological polar surface area (TPSA) is 24.9 Å². The molecule has 0 amide bonds. The third-order valence-corrected chi connectivity index (χ3v) is 1.15. The summed E-state index contributed by atoms with van der Waals surface area (Å²) in [5.41, 5.74) is 0. The van der Waals surface area contributed by atoms with E-state index in [4.69, 9.17) is 0 Å². The van der Waals surface area contributed by atoms with Gasteiger partial charge in [-0.2, -0.15) is 4.39 Å². The van der Waals surface area contributed by atoms with Crippen LogP contribution in [0.4, 0.5) is 10.2 Å². The fourth-order valence-corrected chi connectivity index (χ4v) is 0.784. The van der Waals surface area contributed by atoms with Gasteiger partial charge in [0, 0.05) is 6.04 Å². The minimum atomic E-state index is -0.448. The Labute approximate surface area is 65.5 Å². The molecule has 0 fully saturated rings. The molecule has 0 aliphatic carbocycles. The number of nitrogens with one attached hydrogen (secondary N) is 1. The predicted octanol–water partition coefficient (Wildman–Crippen LogP) is 2.04. The Morgan fingerprint density at radius 3 is 2.73 bits per heavy atom. The molecular formula is C8H11FN2. The Balaban J connectivity index is 2.71. The van der Waals surface area contributed by atoms with Crippen molar-refractivity contribution in [3.8, 4) is 0 Å². The summed E-state index contributed by atoms with van der Waals surface area (Å²) < 4.78 is 12.5. The van der Waals surface area contributed by atoms with Crippen LogP contribution in [0.3, 0.4) is 0 Å². The summed E-state index contributed by atoms with van der Waals surface area (Å²) in [6, 6.07) is 4.98. The number of hydrogen-bond acceptors (Lipinski definition) is 2. The highest BCUT2D eigenvalue weighted by Crippen LogP contribution is 2.04. The van der Waals surface area contributed by atoms with Crippen molar-refractivity contribution in [3.63, 3.8) is 0 Å². The van der Waals surface area contributed by atoms with Crippen LogP contribution in [0.15, 0.2) is 18.2 Å². The molecule has 0 unspecified atom stereocenters. The molecule has 0 aliphatic rings. The smallest absolute Gasteiger partial charge is 0.214 e. The lowest BCUT2D eigenvalue weighted by molar-refractivity contribution is 0.584. The van der Waals surface area contributed by atoms with Gasteiger partial charge in [0.15, 0.2) is 0 Å². The molecule has 0 saturated heterocycles. The first-order chi connectivity index (χ1) is 5.18. The van der Waals surface area contributed by atoms with Gasteiger partial charge < -0.3 is 5.32 Å². The zero-order valence-electron chi connectivity index (χ0n) is 6.63. The highest BCUT2D eigenvalue weighted by molar-refractivity contribution is 5.34. The maximum atomic E-state index is 12.5. The summed E-state index contributed by atoms with van der Waals surface area (Å²) in [5, 5.41) is 2.99. The number of anilines is 1. The monoisotopic (exact) mass is 154 g/mol. The average Bonchev–Trinajstić information content (AvgIpc) is 1.85. The van der Waals surface area contributed by atoms with E-state index in [1.54, 1.807) is 12.1 Å². The lowest BCUT2D eigenvalue weighted by atomic mass is 10.4. The summed E-state index contributed by atoms with van der Waals surface area (Å²) in [6.45, 7) is 3.96. The van der Waals surface area contributed by atoms with Gasteiger partial charge in [0.25, 0.3) is 0 Å². The second-order valence-corrected chi connectivity index (χ2v) is 2.64. The van der Waals surface area contributed by atoms with Crippen molar-refractivity contribution >= 4 is 5.82 Å². The minimum absolute atomic E-state index is 0.282. The van der Waals surface area contributed by atoms with Crippen LogP contribution in [-0.2, 0) is 0 Å². The molecule has 1 rings (SSSR count). The molecule has 0 aromatic carbocycles. The van der Waals surface area contributed by atoms with Crippen LogP contribution in [0.1, 0.15) is 13.8 Å². The first kappa shape index (κ1) is 7.98. The Morgan fingerprint density at radius 1 is 1.45 bits per heavy atom. The van der Waals surface area contributed by atoms with Crippen molar-refractivity contribution in [3.05, 3.63) is 24.1 Å². The van der Waals surface area contributed by atoms with Crippen LogP contribution in [0.25, 0.3) is 0 Å². The first-order valence-electron chi connectivity index (χ1n) is 3.57. The van der Waals surface area contributed by atoms with E-state index in [0.717, 1.165) is 0 Å². The third kappa shape index (κ3) is 2.53. The number of nitrogens with zero attached hydrogens (tertiary/aromatic N) is 1. The van der Waals surface area contributed by atoms with E-state index in [2.05, 4.69) is 10.3 Å². The van der Waals surface area contributed by atoms with Gasteiger partial charge in [-0.3, -0.25) is 0 Å². The van der Waals surface area contributed by atoms with Crippen LogP contribution in [0.2, 0.25) is 0 Å². The van der Waals surface area contributed by atoms with Crippen molar-refractivity contribution < 1.29 is 4.39 Å². The molecular weight excluding hydrogens is 143 g/mol. The number of aromatic nitrogens is 1. The molecule has 0 bridgehead atoms. The normalized spacial score (nSPS) is 10.2. The van der Waals surface area contributed by atoms with Crippen LogP contribution < -0.4 is 5.32 Å². The first-order valence-corrected chi connectivity index (χ1v) is 3.57. The van der Waals surface area contributed by atoms with Gasteiger partial charge in [0.1, 0.15) is 5.82 Å². The lowest BCUT2D eigenvalue weighted by Gasteiger charge is -2.07. The van der Waals surface area contributed by atoms with Gasteiger partial charge >= 0.3 is 0 Å². The Morgan fingerprint density at radius 2 is 2.18 bits per heavy atom. The van der Waals surface area contributed by atoms with E-state index in [1.165, 1.54) is 6.07 Å². The molecule has 0 radical (unpaired) electrons. The molecule has 0 spiro atoms. The van der Waals surface area contributed by atoms with Gasteiger partial charge in [-0.1, -0.05) is 6.07 Å². The molecule has 1 aromatic rings. The maximum absolute atomic E-state index is 12.5. The highest BCUT2D eigenvalue weighted by atomic mass is 19.1. The molecule has 2 nitrogen and oxygen atoms in total. The second-order valence-electron chi connectivity index (χ2n) is 2.64. The van der Waals surface area contributed by atoms with Crippen molar-refractivity contribution in [2.45, 2.75) is 19.9 Å². The van der Waals surface area contributed by atoms with Crippen molar-refractivity contribution in [2.75, 3.05) is 5.32 Å². The Hall–Kier alpha value is -1.12. The van der Waals surface area contributed by atoms with Gasteiger partial charge in [0.2, 0.25) is 5.95 Å². The van der Waals surface area contributed by atoms with Crippen LogP contribution in [0.5, 0.6) is 0 Å². The lowest BCUT2D eigenvalue weighted by Crippen LogP contribution is -2.11. The molecule has 0 atom stereocenters. The standard InChI is InChI=1S/C8H11FN2/c1-6(2)10-8-5-3-4-7(9)11-8/h3-6H,1-2H3,(H,10,11). The summed E-state index contributed by atoms with van der Waals surface area (Å²) >= 11 is 0. The van der Waals surface area contributed by atoms with E-state index in [9.17, 15) is 4.39 Å². The van der Waals surface area contributed by atoms with E-state index in [0.29, 0.717) is 5.82 Å². The van der Waals surface area contributed by atoms with E-state index < -0.39 is 5.95 Å². The zero-order chi connectivity index (χ0) is 8.27. The molecule has 0 aliphatic heterocycles. The SMILES string of the molecule is CC(C)Nc1cccc(F)n1.